The molecule has 0 aliphatic rings. The van der Waals surface area contributed by atoms with Crippen molar-refractivity contribution in [2.45, 2.75) is 0 Å². The van der Waals surface area contributed by atoms with E-state index in [0.717, 1.165) is 4.31 Å². The van der Waals surface area contributed by atoms with Gasteiger partial charge in [-0.15, -0.1) is 11.6 Å². The number of rotatable bonds is 5. The Bertz CT molecular complexity index is 534. The molecular formula is C10H12Cl2N2O3S. The highest BCUT2D eigenvalue weighted by Gasteiger charge is 2.19. The minimum absolute atomic E-state index is 0.319. The van der Waals surface area contributed by atoms with Gasteiger partial charge in [-0.1, -0.05) is 23.7 Å². The van der Waals surface area contributed by atoms with Crippen LogP contribution in [0.4, 0.5) is 5.69 Å². The van der Waals surface area contributed by atoms with E-state index in [-0.39, 0.29) is 6.54 Å². The number of alkyl halides is 1. The van der Waals surface area contributed by atoms with Crippen molar-refractivity contribution in [3.8, 4) is 0 Å². The van der Waals surface area contributed by atoms with Crippen LogP contribution in [0.2, 0.25) is 5.02 Å². The van der Waals surface area contributed by atoms with Gasteiger partial charge in [-0.25, -0.2) is 8.42 Å². The van der Waals surface area contributed by atoms with E-state index in [2.05, 4.69) is 5.32 Å². The molecule has 0 saturated heterocycles. The molecule has 100 valence electrons. The summed E-state index contributed by atoms with van der Waals surface area (Å²) in [7, 11) is -2.31. The van der Waals surface area contributed by atoms with Gasteiger partial charge in [-0.3, -0.25) is 4.79 Å². The lowest BCUT2D eigenvalue weighted by molar-refractivity contribution is -0.116. The van der Waals surface area contributed by atoms with Crippen molar-refractivity contribution >= 4 is 44.8 Å². The van der Waals surface area contributed by atoms with Crippen LogP contribution in [0.1, 0.15) is 0 Å². The molecule has 0 aliphatic carbocycles. The van der Waals surface area contributed by atoms with E-state index in [9.17, 15) is 13.2 Å². The molecule has 1 rings (SSSR count). The Morgan fingerprint density at radius 1 is 1.39 bits per heavy atom. The van der Waals surface area contributed by atoms with Crippen molar-refractivity contribution in [3.63, 3.8) is 0 Å². The van der Waals surface area contributed by atoms with E-state index in [1.54, 1.807) is 24.3 Å². The number of halogens is 2. The molecule has 0 bridgehead atoms. The molecule has 0 fully saturated rings. The van der Waals surface area contributed by atoms with Gasteiger partial charge in [0.05, 0.1) is 17.3 Å². The molecule has 0 spiro atoms. The molecule has 1 aromatic carbocycles. The van der Waals surface area contributed by atoms with Gasteiger partial charge in [0.25, 0.3) is 0 Å². The van der Waals surface area contributed by atoms with E-state index >= 15 is 0 Å². The average Bonchev–Trinajstić information content (AvgIpc) is 2.32. The fourth-order valence-electron chi connectivity index (χ4n) is 1.14. The van der Waals surface area contributed by atoms with Crippen molar-refractivity contribution in [2.75, 3.05) is 24.1 Å². The van der Waals surface area contributed by atoms with E-state index in [0.29, 0.717) is 10.7 Å². The van der Waals surface area contributed by atoms with Gasteiger partial charge in [0.15, 0.2) is 0 Å². The topological polar surface area (TPSA) is 66.5 Å². The molecule has 18 heavy (non-hydrogen) atoms. The molecule has 8 heteroatoms. The highest BCUT2D eigenvalue weighted by Crippen LogP contribution is 2.20. The summed E-state index contributed by atoms with van der Waals surface area (Å²) in [4.78, 5) is 11.6. The summed E-state index contributed by atoms with van der Waals surface area (Å²) in [6.45, 7) is -0.319. The Labute approximate surface area is 116 Å². The Kier molecular flexibility index (Phi) is 5.40. The first kappa shape index (κ1) is 15.2. The first-order valence-corrected chi connectivity index (χ1v) is 7.43. The van der Waals surface area contributed by atoms with Crippen molar-refractivity contribution in [1.29, 1.82) is 0 Å². The number of nitrogens with one attached hydrogen (secondary N) is 1. The number of nitrogens with zero attached hydrogens (tertiary/aromatic N) is 1. The van der Waals surface area contributed by atoms with E-state index in [1.807, 2.05) is 0 Å². The summed E-state index contributed by atoms with van der Waals surface area (Å²) < 4.78 is 23.6. The number of carbonyl (C=O) groups excluding carboxylic acids is 1. The number of anilines is 1. The number of amides is 1. The van der Waals surface area contributed by atoms with E-state index < -0.39 is 21.1 Å². The van der Waals surface area contributed by atoms with Gasteiger partial charge >= 0.3 is 0 Å². The second-order valence-corrected chi connectivity index (χ2v) is 6.57. The number of para-hydroxylation sites is 1. The van der Waals surface area contributed by atoms with E-state index in [4.69, 9.17) is 23.2 Å². The van der Waals surface area contributed by atoms with Crippen LogP contribution in [0.5, 0.6) is 0 Å². The molecule has 0 heterocycles. The first-order valence-electron chi connectivity index (χ1n) is 4.91. The predicted molar refractivity (Wildman–Crippen MR) is 72.4 cm³/mol. The van der Waals surface area contributed by atoms with Gasteiger partial charge in [0, 0.05) is 7.05 Å². The Morgan fingerprint density at radius 2 is 2.00 bits per heavy atom. The zero-order chi connectivity index (χ0) is 13.8. The van der Waals surface area contributed by atoms with Crippen LogP contribution in [-0.4, -0.2) is 37.4 Å². The van der Waals surface area contributed by atoms with Gasteiger partial charge in [-0.2, -0.15) is 4.31 Å². The molecule has 0 atom stereocenters. The van der Waals surface area contributed by atoms with Crippen molar-refractivity contribution in [2.24, 2.45) is 0 Å². The van der Waals surface area contributed by atoms with Crippen LogP contribution in [0.25, 0.3) is 0 Å². The highest BCUT2D eigenvalue weighted by molar-refractivity contribution is 7.90. The SMILES string of the molecule is CN(CC(=O)Nc1ccccc1Cl)S(=O)(=O)CCl. The Hall–Kier alpha value is -0.820. The minimum Gasteiger partial charge on any atom is -0.324 e. The highest BCUT2D eigenvalue weighted by atomic mass is 35.5. The Morgan fingerprint density at radius 3 is 2.56 bits per heavy atom. The monoisotopic (exact) mass is 310 g/mol. The maximum atomic E-state index is 11.6. The second kappa shape index (κ2) is 6.38. The maximum absolute atomic E-state index is 11.6. The normalized spacial score (nSPS) is 11.6. The Balaban J connectivity index is 2.66. The third kappa shape index (κ3) is 4.13. The van der Waals surface area contributed by atoms with Crippen LogP contribution in [0.3, 0.4) is 0 Å². The molecular weight excluding hydrogens is 299 g/mol. The number of benzene rings is 1. The van der Waals surface area contributed by atoms with Crippen LogP contribution >= 0.6 is 23.2 Å². The third-order valence-corrected chi connectivity index (χ3v) is 4.64. The molecule has 1 N–H and O–H groups in total. The van der Waals surface area contributed by atoms with Crippen LogP contribution < -0.4 is 5.32 Å². The van der Waals surface area contributed by atoms with Gasteiger partial charge in [0.2, 0.25) is 15.9 Å². The third-order valence-electron chi connectivity index (χ3n) is 2.13. The molecule has 1 amide bonds. The van der Waals surface area contributed by atoms with Crippen LogP contribution in [-0.2, 0) is 14.8 Å². The van der Waals surface area contributed by atoms with E-state index in [1.165, 1.54) is 7.05 Å². The largest absolute Gasteiger partial charge is 0.324 e. The summed E-state index contributed by atoms with van der Waals surface area (Å²) >= 11 is 11.1. The zero-order valence-corrected chi connectivity index (χ0v) is 11.9. The quantitative estimate of drug-likeness (QED) is 0.842. The lowest BCUT2D eigenvalue weighted by atomic mass is 10.3. The lowest BCUT2D eigenvalue weighted by Crippen LogP contribution is -2.35. The summed E-state index contributed by atoms with van der Waals surface area (Å²) in [5.41, 5.74) is 0.431. The van der Waals surface area contributed by atoms with Crippen LogP contribution in [0, 0.1) is 0 Å². The standard InChI is InChI=1S/C10H12Cl2N2O3S/c1-14(18(16,17)7-11)6-10(15)13-9-5-3-2-4-8(9)12/h2-5H,6-7H2,1H3,(H,13,15). The summed E-state index contributed by atoms with van der Waals surface area (Å²) in [6, 6.07) is 6.68. The zero-order valence-electron chi connectivity index (χ0n) is 9.56. The summed E-state index contributed by atoms with van der Waals surface area (Å²) in [5.74, 6) is -0.487. The van der Waals surface area contributed by atoms with Gasteiger partial charge in [0.1, 0.15) is 5.21 Å². The van der Waals surface area contributed by atoms with Crippen LogP contribution in [0.15, 0.2) is 24.3 Å². The fourth-order valence-corrected chi connectivity index (χ4v) is 2.30. The molecule has 0 saturated carbocycles. The summed E-state index contributed by atoms with van der Waals surface area (Å²) in [6.07, 6.45) is 0. The van der Waals surface area contributed by atoms with Crippen molar-refractivity contribution in [3.05, 3.63) is 29.3 Å². The second-order valence-electron chi connectivity index (χ2n) is 3.51. The molecule has 0 radical (unpaired) electrons. The molecule has 1 aromatic rings. The molecule has 0 aliphatic heterocycles. The molecule has 0 unspecified atom stereocenters. The lowest BCUT2D eigenvalue weighted by Gasteiger charge is -2.15. The van der Waals surface area contributed by atoms with Crippen molar-refractivity contribution < 1.29 is 13.2 Å². The fraction of sp³-hybridized carbons (Fsp3) is 0.300. The number of carbonyl (C=O) groups is 1. The number of likely N-dealkylation sites (N-methyl/N-ethyl adjacent to an activating group) is 1. The molecule has 0 aromatic heterocycles. The summed E-state index contributed by atoms with van der Waals surface area (Å²) in [5, 5.41) is 2.33. The number of sulfonamides is 1. The average molecular weight is 311 g/mol. The molecule has 5 nitrogen and oxygen atoms in total. The number of hydrogen-bond donors (Lipinski definition) is 1. The van der Waals surface area contributed by atoms with Gasteiger partial charge < -0.3 is 5.32 Å². The first-order chi connectivity index (χ1) is 8.36. The predicted octanol–water partition coefficient (Wildman–Crippen LogP) is 1.74. The van der Waals surface area contributed by atoms with Gasteiger partial charge in [-0.05, 0) is 12.1 Å². The smallest absolute Gasteiger partial charge is 0.239 e. The van der Waals surface area contributed by atoms with Crippen molar-refractivity contribution in [1.82, 2.24) is 4.31 Å². The minimum atomic E-state index is -3.59. The number of hydrogen-bond acceptors (Lipinski definition) is 3. The maximum Gasteiger partial charge on any atom is 0.239 e.